The minimum absolute atomic E-state index is 0.465. The van der Waals surface area contributed by atoms with Crippen molar-refractivity contribution in [2.75, 3.05) is 6.61 Å². The van der Waals surface area contributed by atoms with Crippen LogP contribution in [0.25, 0.3) is 11.0 Å². The smallest absolute Gasteiger partial charge is 0.182 e. The average Bonchev–Trinajstić information content (AvgIpc) is 2.65. The summed E-state index contributed by atoms with van der Waals surface area (Å²) >= 11 is 5.82. The van der Waals surface area contributed by atoms with Crippen molar-refractivity contribution in [1.82, 2.24) is 14.8 Å². The van der Waals surface area contributed by atoms with Crippen LogP contribution in [0.1, 0.15) is 0 Å². The summed E-state index contributed by atoms with van der Waals surface area (Å²) in [6.45, 7) is 8.28. The highest BCUT2D eigenvalue weighted by Gasteiger charge is 2.12. The van der Waals surface area contributed by atoms with Crippen LogP contribution in [0.5, 0.6) is 0 Å². The zero-order chi connectivity index (χ0) is 13.2. The normalized spacial score (nSPS) is 12.2. The minimum Gasteiger partial charge on any atom is -0.360 e. The number of rotatable bonds is 5. The standard InChI is InChI=1S/C12H18ClN3OSi/c1-18(2,3)7-6-17-9-16-8-10-4-5-11(13)14-12(10)15-16/h4-5,8H,6-7,9H2,1-3H3. The van der Waals surface area contributed by atoms with Gasteiger partial charge < -0.3 is 4.74 Å². The topological polar surface area (TPSA) is 39.9 Å². The summed E-state index contributed by atoms with van der Waals surface area (Å²) in [6.07, 6.45) is 1.92. The van der Waals surface area contributed by atoms with Gasteiger partial charge in [-0.2, -0.15) is 5.10 Å². The third kappa shape index (κ3) is 3.80. The molecular weight excluding hydrogens is 266 g/mol. The molecule has 2 heterocycles. The molecule has 0 spiro atoms. The van der Waals surface area contributed by atoms with Gasteiger partial charge in [-0.05, 0) is 18.2 Å². The lowest BCUT2D eigenvalue weighted by atomic mass is 10.4. The predicted octanol–water partition coefficient (Wildman–Crippen LogP) is 3.40. The van der Waals surface area contributed by atoms with Crippen LogP contribution in [0.4, 0.5) is 0 Å². The number of pyridine rings is 1. The second-order valence-corrected chi connectivity index (χ2v) is 11.6. The van der Waals surface area contributed by atoms with Crippen molar-refractivity contribution in [2.45, 2.75) is 32.4 Å². The monoisotopic (exact) mass is 283 g/mol. The Balaban J connectivity index is 1.92. The van der Waals surface area contributed by atoms with Gasteiger partial charge in [0.05, 0.1) is 0 Å². The maximum atomic E-state index is 5.82. The van der Waals surface area contributed by atoms with Gasteiger partial charge in [0.25, 0.3) is 0 Å². The number of hydrogen-bond acceptors (Lipinski definition) is 3. The highest BCUT2D eigenvalue weighted by Crippen LogP contribution is 2.14. The van der Waals surface area contributed by atoms with E-state index in [1.54, 1.807) is 10.7 Å². The Morgan fingerprint density at radius 2 is 2.11 bits per heavy atom. The van der Waals surface area contributed by atoms with E-state index in [1.807, 2.05) is 12.3 Å². The van der Waals surface area contributed by atoms with Crippen molar-refractivity contribution in [2.24, 2.45) is 0 Å². The lowest BCUT2D eigenvalue weighted by Gasteiger charge is -2.15. The zero-order valence-electron chi connectivity index (χ0n) is 11.0. The Labute approximate surface area is 113 Å². The molecule has 6 heteroatoms. The molecule has 98 valence electrons. The van der Waals surface area contributed by atoms with Crippen LogP contribution in [-0.2, 0) is 11.5 Å². The van der Waals surface area contributed by atoms with Crippen LogP contribution in [-0.4, -0.2) is 29.4 Å². The summed E-state index contributed by atoms with van der Waals surface area (Å²) in [6, 6.07) is 4.84. The summed E-state index contributed by atoms with van der Waals surface area (Å²) in [4.78, 5) is 4.15. The number of ether oxygens (including phenoxy) is 1. The Bertz CT molecular complexity index is 536. The fourth-order valence-electron chi connectivity index (χ4n) is 1.53. The molecule has 0 fully saturated rings. The molecule has 0 aliphatic carbocycles. The van der Waals surface area contributed by atoms with Crippen molar-refractivity contribution in [3.8, 4) is 0 Å². The lowest BCUT2D eigenvalue weighted by Crippen LogP contribution is -2.22. The van der Waals surface area contributed by atoms with E-state index in [9.17, 15) is 0 Å². The molecule has 0 atom stereocenters. The van der Waals surface area contributed by atoms with Crippen molar-refractivity contribution >= 4 is 30.7 Å². The summed E-state index contributed by atoms with van der Waals surface area (Å²) in [5.41, 5.74) is 0.663. The van der Waals surface area contributed by atoms with Gasteiger partial charge in [0.2, 0.25) is 0 Å². The third-order valence-corrected chi connectivity index (χ3v) is 4.52. The first-order chi connectivity index (χ1) is 8.44. The first-order valence-corrected chi connectivity index (χ1v) is 10.1. The maximum absolute atomic E-state index is 5.82. The van der Waals surface area contributed by atoms with Gasteiger partial charge in [-0.25, -0.2) is 9.67 Å². The fourth-order valence-corrected chi connectivity index (χ4v) is 2.43. The van der Waals surface area contributed by atoms with Crippen LogP contribution in [0.15, 0.2) is 18.3 Å². The number of halogens is 1. The summed E-state index contributed by atoms with van der Waals surface area (Å²) in [5, 5.41) is 5.76. The minimum atomic E-state index is -1.02. The first kappa shape index (κ1) is 13.5. The predicted molar refractivity (Wildman–Crippen MR) is 76.6 cm³/mol. The SMILES string of the molecule is C[Si](C)(C)CCOCn1cc2ccc(Cl)nc2n1. The van der Waals surface area contributed by atoms with E-state index in [4.69, 9.17) is 16.3 Å². The maximum Gasteiger partial charge on any atom is 0.182 e. The molecule has 0 N–H and O–H groups in total. The molecule has 0 unspecified atom stereocenters. The van der Waals surface area contributed by atoms with Gasteiger partial charge in [0.1, 0.15) is 11.9 Å². The Morgan fingerprint density at radius 3 is 2.83 bits per heavy atom. The highest BCUT2D eigenvalue weighted by atomic mass is 35.5. The van der Waals surface area contributed by atoms with E-state index in [0.717, 1.165) is 18.0 Å². The molecule has 4 nitrogen and oxygen atoms in total. The van der Waals surface area contributed by atoms with Crippen molar-refractivity contribution in [1.29, 1.82) is 0 Å². The van der Waals surface area contributed by atoms with Crippen molar-refractivity contribution in [3.63, 3.8) is 0 Å². The van der Waals surface area contributed by atoms with Crippen LogP contribution >= 0.6 is 11.6 Å². The van der Waals surface area contributed by atoms with Crippen LogP contribution in [0.2, 0.25) is 30.8 Å². The van der Waals surface area contributed by atoms with Crippen LogP contribution in [0.3, 0.4) is 0 Å². The number of fused-ring (bicyclic) bond motifs is 1. The van der Waals surface area contributed by atoms with E-state index < -0.39 is 8.07 Å². The molecule has 0 bridgehead atoms. The highest BCUT2D eigenvalue weighted by molar-refractivity contribution is 6.76. The van der Waals surface area contributed by atoms with E-state index >= 15 is 0 Å². The summed E-state index contributed by atoms with van der Waals surface area (Å²) < 4.78 is 7.39. The molecule has 0 aliphatic heterocycles. The van der Waals surface area contributed by atoms with Crippen LogP contribution < -0.4 is 0 Å². The molecular formula is C12H18ClN3OSi. The van der Waals surface area contributed by atoms with Gasteiger partial charge in [0.15, 0.2) is 5.65 Å². The van der Waals surface area contributed by atoms with Gasteiger partial charge in [-0.3, -0.25) is 0 Å². The van der Waals surface area contributed by atoms with Crippen molar-refractivity contribution < 1.29 is 4.74 Å². The van der Waals surface area contributed by atoms with Crippen molar-refractivity contribution in [3.05, 3.63) is 23.5 Å². The second-order valence-electron chi connectivity index (χ2n) is 5.56. The van der Waals surface area contributed by atoms with Gasteiger partial charge >= 0.3 is 0 Å². The molecule has 2 rings (SSSR count). The van der Waals surface area contributed by atoms with E-state index in [0.29, 0.717) is 17.5 Å². The first-order valence-electron chi connectivity index (χ1n) is 6.01. The van der Waals surface area contributed by atoms with Gasteiger partial charge in [-0.15, -0.1) is 0 Å². The van der Waals surface area contributed by atoms with Crippen LogP contribution in [0, 0.1) is 0 Å². The van der Waals surface area contributed by atoms with Gasteiger partial charge in [0, 0.05) is 26.3 Å². The molecule has 0 aromatic carbocycles. The Hall–Kier alpha value is -0.913. The number of aromatic nitrogens is 3. The molecule has 18 heavy (non-hydrogen) atoms. The molecule has 2 aromatic heterocycles. The largest absolute Gasteiger partial charge is 0.360 e. The fraction of sp³-hybridized carbons (Fsp3) is 0.500. The Morgan fingerprint density at radius 1 is 1.33 bits per heavy atom. The average molecular weight is 284 g/mol. The van der Waals surface area contributed by atoms with E-state index in [1.165, 1.54) is 0 Å². The van der Waals surface area contributed by atoms with E-state index in [2.05, 4.69) is 29.7 Å². The Kier molecular flexibility index (Phi) is 4.04. The summed E-state index contributed by atoms with van der Waals surface area (Å²) in [7, 11) is -1.02. The lowest BCUT2D eigenvalue weighted by molar-refractivity contribution is 0.0790. The third-order valence-electron chi connectivity index (χ3n) is 2.60. The zero-order valence-corrected chi connectivity index (χ0v) is 12.7. The van der Waals surface area contributed by atoms with Gasteiger partial charge in [-0.1, -0.05) is 31.2 Å². The quantitative estimate of drug-likeness (QED) is 0.480. The molecule has 0 aliphatic rings. The second kappa shape index (κ2) is 5.38. The molecule has 2 aromatic rings. The number of nitrogens with zero attached hydrogens (tertiary/aromatic N) is 3. The molecule has 0 saturated heterocycles. The van der Waals surface area contributed by atoms with E-state index in [-0.39, 0.29) is 0 Å². The molecule has 0 radical (unpaired) electrons. The molecule has 0 saturated carbocycles. The summed E-state index contributed by atoms with van der Waals surface area (Å²) in [5.74, 6) is 0. The molecule has 0 amide bonds. The number of hydrogen-bond donors (Lipinski definition) is 0.